The molecule has 0 saturated carbocycles. The Kier molecular flexibility index (Phi) is 7.96. The number of carbonyl (C=O) groups excluding carboxylic acids is 2. The summed E-state index contributed by atoms with van der Waals surface area (Å²) in [5, 5.41) is 0. The first-order valence-electron chi connectivity index (χ1n) is 7.28. The summed E-state index contributed by atoms with van der Waals surface area (Å²) in [6.07, 6.45) is 0.601. The van der Waals surface area contributed by atoms with E-state index in [-0.39, 0.29) is 28.6 Å². The summed E-state index contributed by atoms with van der Waals surface area (Å²) in [4.78, 5) is 22.6. The van der Waals surface area contributed by atoms with Crippen LogP contribution >= 0.6 is 0 Å². The number of ketones is 2. The molecule has 0 radical (unpaired) electrons. The molecule has 0 fully saturated rings. The van der Waals surface area contributed by atoms with Crippen LogP contribution < -0.4 is 0 Å². The van der Waals surface area contributed by atoms with E-state index in [4.69, 9.17) is 0 Å². The maximum Gasteiger partial charge on any atom is 0.108 e. The van der Waals surface area contributed by atoms with Crippen LogP contribution in [0.1, 0.15) is 39.6 Å². The molecule has 0 unspecified atom stereocenters. The molecule has 0 aliphatic heterocycles. The zero-order valence-electron chi connectivity index (χ0n) is 12.9. The number of carbonyl (C=O) groups is 2. The number of benzene rings is 1. The Morgan fingerprint density at radius 1 is 0.957 bits per heavy atom. The molecule has 3 heteroatoms. The Balaban J connectivity index is 0.000000235. The van der Waals surface area contributed by atoms with Crippen LogP contribution in [0.4, 0.5) is 0 Å². The summed E-state index contributed by atoms with van der Waals surface area (Å²) in [6.45, 7) is 1.87. The van der Waals surface area contributed by atoms with Gasteiger partial charge < -0.3 is 50.8 Å². The van der Waals surface area contributed by atoms with Gasteiger partial charge in [-0.2, -0.15) is 24.3 Å². The van der Waals surface area contributed by atoms with Crippen molar-refractivity contribution in [3.63, 3.8) is 0 Å². The Bertz CT molecular complexity index is 695. The van der Waals surface area contributed by atoms with Crippen molar-refractivity contribution in [1.29, 1.82) is 0 Å². The quantitative estimate of drug-likeness (QED) is 0.392. The van der Waals surface area contributed by atoms with Gasteiger partial charge in [-0.25, -0.2) is 12.1 Å². The van der Waals surface area contributed by atoms with Crippen molar-refractivity contribution in [2.45, 2.75) is 13.3 Å². The van der Waals surface area contributed by atoms with E-state index in [2.05, 4.69) is 0 Å². The van der Waals surface area contributed by atoms with Crippen LogP contribution in [0, 0.1) is 0 Å². The van der Waals surface area contributed by atoms with Crippen molar-refractivity contribution >= 4 is 11.6 Å². The van der Waals surface area contributed by atoms with Crippen LogP contribution in [0.25, 0.3) is 0 Å². The molecule has 0 atom stereocenters. The van der Waals surface area contributed by atoms with E-state index >= 15 is 0 Å². The van der Waals surface area contributed by atoms with Gasteiger partial charge in [0.1, 0.15) is 5.78 Å². The van der Waals surface area contributed by atoms with E-state index < -0.39 is 0 Å². The first-order valence-corrected chi connectivity index (χ1v) is 7.28. The van der Waals surface area contributed by atoms with Gasteiger partial charge in [-0.1, -0.05) is 30.7 Å². The molecule has 0 heterocycles. The van der Waals surface area contributed by atoms with Gasteiger partial charge >= 0.3 is 0 Å². The molecule has 0 saturated heterocycles. The molecule has 2 nitrogen and oxygen atoms in total. The fourth-order valence-electron chi connectivity index (χ4n) is 2.05. The van der Waals surface area contributed by atoms with Crippen molar-refractivity contribution in [1.82, 2.24) is 0 Å². The average Bonchev–Trinajstić information content (AvgIpc) is 3.28. The maximum atomic E-state index is 11.7. The maximum absolute atomic E-state index is 11.7. The second-order valence-corrected chi connectivity index (χ2v) is 4.82. The molecule has 3 aromatic rings. The van der Waals surface area contributed by atoms with Crippen molar-refractivity contribution in [3.8, 4) is 0 Å². The van der Waals surface area contributed by atoms with Gasteiger partial charge in [-0.15, -0.1) is 0 Å². The predicted molar refractivity (Wildman–Crippen MR) is 88.6 cm³/mol. The van der Waals surface area contributed by atoms with Gasteiger partial charge in [-0.3, -0.25) is 0 Å². The van der Waals surface area contributed by atoms with Crippen LogP contribution in [0.5, 0.6) is 0 Å². The van der Waals surface area contributed by atoms with Gasteiger partial charge in [0.15, 0.2) is 0 Å². The van der Waals surface area contributed by atoms with Gasteiger partial charge in [0.05, 0.1) is 0 Å². The number of rotatable bonds is 4. The molecule has 0 N–H and O–H groups in total. The normalized spacial score (nSPS) is 9.26. The second kappa shape index (κ2) is 9.73. The first-order chi connectivity index (χ1) is 10.7. The van der Waals surface area contributed by atoms with Crippen molar-refractivity contribution in [2.24, 2.45) is 0 Å². The summed E-state index contributed by atoms with van der Waals surface area (Å²) in [5.74, 6) is 0.311. The monoisotopic (exact) mass is 346 g/mol. The van der Waals surface area contributed by atoms with Crippen LogP contribution in [-0.4, -0.2) is 11.6 Å². The SMILES string of the molecule is CCC(=O)[c-]1cccc1.O=C(c1ccccc1)[c-]1[cH-][cH-][cH-][cH-]1.[Fe]. The molecule has 0 aliphatic rings. The van der Waals surface area contributed by atoms with E-state index in [9.17, 15) is 9.59 Å². The Morgan fingerprint density at radius 2 is 1.52 bits per heavy atom. The van der Waals surface area contributed by atoms with Crippen LogP contribution in [0.15, 0.2) is 78.9 Å². The molecule has 0 amide bonds. The summed E-state index contributed by atoms with van der Waals surface area (Å²) >= 11 is 0. The minimum Gasteiger partial charge on any atom is -0.644 e. The largest absolute Gasteiger partial charge is 0.644 e. The zero-order valence-corrected chi connectivity index (χ0v) is 14.0. The molecule has 0 aromatic heterocycles. The van der Waals surface area contributed by atoms with E-state index in [1.807, 2.05) is 85.8 Å². The molecule has 0 bridgehead atoms. The number of hydrogen-bond donors (Lipinski definition) is 0. The summed E-state index contributed by atoms with van der Waals surface area (Å²) in [5.41, 5.74) is 2.33. The minimum atomic E-state index is 0. The van der Waals surface area contributed by atoms with Gasteiger partial charge in [0.2, 0.25) is 0 Å². The molecular formula is C20H18FeO2-6. The fourth-order valence-corrected chi connectivity index (χ4v) is 2.05. The standard InChI is InChI=1S/C12H9O.C8H9O.Fe/c13-12(11-8-4-5-9-11)10-6-2-1-3-7-10;1-2-8(9)7-5-3-4-6-7;/h1-9H;3-6H,2H2,1H3;/q-5;-1;. The summed E-state index contributed by atoms with van der Waals surface area (Å²) in [6, 6.07) is 24.1. The molecule has 3 aromatic carbocycles. The Morgan fingerprint density at radius 3 is 2.04 bits per heavy atom. The molecule has 0 aliphatic carbocycles. The summed E-state index contributed by atoms with van der Waals surface area (Å²) in [7, 11) is 0. The second-order valence-electron chi connectivity index (χ2n) is 4.82. The van der Waals surface area contributed by atoms with Crippen molar-refractivity contribution in [3.05, 3.63) is 95.6 Å². The summed E-state index contributed by atoms with van der Waals surface area (Å²) < 4.78 is 0. The van der Waals surface area contributed by atoms with E-state index in [0.29, 0.717) is 6.42 Å². The number of Topliss-reactive ketones (excluding diaryl/α,β-unsaturated/α-hetero) is 1. The first kappa shape index (κ1) is 18.8. The zero-order chi connectivity index (χ0) is 15.8. The third kappa shape index (κ3) is 5.48. The van der Waals surface area contributed by atoms with Gasteiger partial charge in [0, 0.05) is 17.1 Å². The minimum absolute atomic E-state index is 0. The van der Waals surface area contributed by atoms with E-state index in [1.165, 1.54) is 0 Å². The molecule has 0 spiro atoms. The fraction of sp³-hybridized carbons (Fsp3) is 0.100. The Labute approximate surface area is 147 Å². The topological polar surface area (TPSA) is 34.1 Å². The van der Waals surface area contributed by atoms with Gasteiger partial charge in [-0.05, 0) is 6.42 Å². The van der Waals surface area contributed by atoms with E-state index in [0.717, 1.165) is 16.7 Å². The third-order valence-electron chi connectivity index (χ3n) is 3.27. The van der Waals surface area contributed by atoms with Gasteiger partial charge in [0.25, 0.3) is 0 Å². The van der Waals surface area contributed by atoms with Crippen LogP contribution in [0.3, 0.4) is 0 Å². The molecular weight excluding hydrogens is 328 g/mol. The van der Waals surface area contributed by atoms with Crippen LogP contribution in [-0.2, 0) is 17.1 Å². The molecule has 124 valence electrons. The average molecular weight is 346 g/mol. The smallest absolute Gasteiger partial charge is 0.108 e. The molecule has 3 rings (SSSR count). The predicted octanol–water partition coefficient (Wildman–Crippen LogP) is 4.63. The number of hydrogen-bond acceptors (Lipinski definition) is 2. The van der Waals surface area contributed by atoms with Crippen molar-refractivity contribution < 1.29 is 26.7 Å². The molecule has 23 heavy (non-hydrogen) atoms. The Hall–Kier alpha value is -2.22. The van der Waals surface area contributed by atoms with Crippen molar-refractivity contribution in [2.75, 3.05) is 0 Å². The van der Waals surface area contributed by atoms with Crippen LogP contribution in [0.2, 0.25) is 0 Å². The third-order valence-corrected chi connectivity index (χ3v) is 3.27. The van der Waals surface area contributed by atoms with E-state index in [1.54, 1.807) is 0 Å².